The summed E-state index contributed by atoms with van der Waals surface area (Å²) in [5, 5.41) is 19.1. The highest BCUT2D eigenvalue weighted by molar-refractivity contribution is 5.79. The standard InChI is InChI=1S/C23H25N7O/c1-31-19-4-2-17(3-5-19)20-14-29-22(30-23-15-26-18(11-24)13-28-23)10-21(20)27-12-16-6-8-25-9-7-16/h2-5,10,13-16,25H,6-9,12H2,1H3,(H2,27,28,29,30). The van der Waals surface area contributed by atoms with Crippen LogP contribution in [-0.2, 0) is 0 Å². The molecule has 0 spiro atoms. The number of ether oxygens (including phenoxy) is 1. The van der Waals surface area contributed by atoms with Gasteiger partial charge in [-0.1, -0.05) is 12.1 Å². The quantitative estimate of drug-likeness (QED) is 0.537. The minimum Gasteiger partial charge on any atom is -0.497 e. The lowest BCUT2D eigenvalue weighted by molar-refractivity contribution is 0.390. The molecule has 2 aromatic heterocycles. The van der Waals surface area contributed by atoms with Crippen molar-refractivity contribution in [2.75, 3.05) is 37.4 Å². The highest BCUT2D eigenvalue weighted by Crippen LogP contribution is 2.31. The van der Waals surface area contributed by atoms with Crippen molar-refractivity contribution in [2.45, 2.75) is 12.8 Å². The Labute approximate surface area is 181 Å². The Balaban J connectivity index is 1.58. The van der Waals surface area contributed by atoms with Crippen LogP contribution in [0, 0.1) is 17.2 Å². The Morgan fingerprint density at radius 1 is 1.06 bits per heavy atom. The van der Waals surface area contributed by atoms with Crippen LogP contribution in [0.3, 0.4) is 0 Å². The maximum Gasteiger partial charge on any atom is 0.158 e. The van der Waals surface area contributed by atoms with Gasteiger partial charge in [-0.3, -0.25) is 0 Å². The highest BCUT2D eigenvalue weighted by Gasteiger charge is 2.15. The number of nitriles is 1. The van der Waals surface area contributed by atoms with Crippen LogP contribution in [-0.4, -0.2) is 41.7 Å². The van der Waals surface area contributed by atoms with E-state index in [1.165, 1.54) is 25.2 Å². The molecule has 1 aliphatic heterocycles. The van der Waals surface area contributed by atoms with Crippen molar-refractivity contribution < 1.29 is 4.74 Å². The van der Waals surface area contributed by atoms with Crippen molar-refractivity contribution in [3.63, 3.8) is 0 Å². The number of nitrogens with one attached hydrogen (secondary N) is 3. The minimum absolute atomic E-state index is 0.276. The molecule has 0 unspecified atom stereocenters. The van der Waals surface area contributed by atoms with Gasteiger partial charge < -0.3 is 20.7 Å². The zero-order valence-corrected chi connectivity index (χ0v) is 17.4. The molecule has 3 heterocycles. The molecule has 31 heavy (non-hydrogen) atoms. The highest BCUT2D eigenvalue weighted by atomic mass is 16.5. The summed E-state index contributed by atoms with van der Waals surface area (Å²) in [5.74, 6) is 2.65. The SMILES string of the molecule is COc1ccc(-c2cnc(Nc3cnc(C#N)cn3)cc2NCC2CCNCC2)cc1. The Kier molecular flexibility index (Phi) is 6.55. The van der Waals surface area contributed by atoms with Gasteiger partial charge in [0.25, 0.3) is 0 Å². The Morgan fingerprint density at radius 2 is 1.84 bits per heavy atom. The van der Waals surface area contributed by atoms with Gasteiger partial charge in [0.2, 0.25) is 0 Å². The Hall–Kier alpha value is -3.70. The van der Waals surface area contributed by atoms with Gasteiger partial charge in [-0.15, -0.1) is 0 Å². The molecule has 4 rings (SSSR count). The van der Waals surface area contributed by atoms with Crippen molar-refractivity contribution in [3.8, 4) is 22.9 Å². The average molecular weight is 416 g/mol. The molecule has 8 nitrogen and oxygen atoms in total. The smallest absolute Gasteiger partial charge is 0.158 e. The predicted octanol–water partition coefficient (Wildman–Crippen LogP) is 3.57. The zero-order chi connectivity index (χ0) is 21.5. The van der Waals surface area contributed by atoms with Crippen LogP contribution in [0.1, 0.15) is 18.5 Å². The predicted molar refractivity (Wildman–Crippen MR) is 120 cm³/mol. The van der Waals surface area contributed by atoms with Gasteiger partial charge in [-0.2, -0.15) is 5.26 Å². The number of piperidine rings is 1. The lowest BCUT2D eigenvalue weighted by Gasteiger charge is -2.24. The van der Waals surface area contributed by atoms with Crippen molar-refractivity contribution in [2.24, 2.45) is 5.92 Å². The number of nitrogens with zero attached hydrogens (tertiary/aromatic N) is 4. The molecule has 0 aliphatic carbocycles. The van der Waals surface area contributed by atoms with Crippen LogP contribution in [0.4, 0.5) is 17.3 Å². The molecule has 1 fully saturated rings. The van der Waals surface area contributed by atoms with Crippen molar-refractivity contribution in [1.82, 2.24) is 20.3 Å². The van der Waals surface area contributed by atoms with E-state index in [2.05, 4.69) is 30.9 Å². The van der Waals surface area contributed by atoms with Crippen LogP contribution >= 0.6 is 0 Å². The van der Waals surface area contributed by atoms with E-state index in [0.717, 1.165) is 42.2 Å². The lowest BCUT2D eigenvalue weighted by Crippen LogP contribution is -2.31. The molecule has 0 atom stereocenters. The van der Waals surface area contributed by atoms with Crippen molar-refractivity contribution >= 4 is 17.3 Å². The summed E-state index contributed by atoms with van der Waals surface area (Å²) >= 11 is 0. The first-order valence-electron chi connectivity index (χ1n) is 10.3. The molecule has 0 bridgehead atoms. The summed E-state index contributed by atoms with van der Waals surface area (Å²) < 4.78 is 5.28. The van der Waals surface area contributed by atoms with Gasteiger partial charge in [0.15, 0.2) is 5.69 Å². The number of aromatic nitrogens is 3. The van der Waals surface area contributed by atoms with E-state index >= 15 is 0 Å². The first-order chi connectivity index (χ1) is 15.2. The van der Waals surface area contributed by atoms with Gasteiger partial charge in [-0.05, 0) is 49.5 Å². The third-order valence-electron chi connectivity index (χ3n) is 5.37. The second-order valence-corrected chi connectivity index (χ2v) is 7.44. The van der Waals surface area contributed by atoms with E-state index in [9.17, 15) is 0 Å². The van der Waals surface area contributed by atoms with E-state index in [4.69, 9.17) is 10.00 Å². The van der Waals surface area contributed by atoms with Crippen LogP contribution in [0.15, 0.2) is 48.9 Å². The summed E-state index contributed by atoms with van der Waals surface area (Å²) in [5.41, 5.74) is 3.36. The summed E-state index contributed by atoms with van der Waals surface area (Å²) in [4.78, 5) is 12.8. The van der Waals surface area contributed by atoms with Crippen LogP contribution in [0.2, 0.25) is 0 Å². The van der Waals surface area contributed by atoms with Gasteiger partial charge in [-0.25, -0.2) is 15.0 Å². The lowest BCUT2D eigenvalue weighted by atomic mass is 9.97. The van der Waals surface area contributed by atoms with E-state index in [0.29, 0.717) is 17.6 Å². The molecule has 8 heteroatoms. The van der Waals surface area contributed by atoms with E-state index in [1.54, 1.807) is 7.11 Å². The monoisotopic (exact) mass is 415 g/mol. The number of benzene rings is 1. The van der Waals surface area contributed by atoms with E-state index < -0.39 is 0 Å². The Bertz CT molecular complexity index is 1040. The molecule has 1 aliphatic rings. The third kappa shape index (κ3) is 5.27. The summed E-state index contributed by atoms with van der Waals surface area (Å²) in [6.07, 6.45) is 7.15. The number of rotatable bonds is 7. The maximum atomic E-state index is 8.89. The van der Waals surface area contributed by atoms with Crippen molar-refractivity contribution in [3.05, 3.63) is 54.6 Å². The molecular weight excluding hydrogens is 390 g/mol. The third-order valence-corrected chi connectivity index (χ3v) is 5.37. The Morgan fingerprint density at radius 3 is 2.52 bits per heavy atom. The van der Waals surface area contributed by atoms with Crippen LogP contribution < -0.4 is 20.7 Å². The molecular formula is C23H25N7O. The average Bonchev–Trinajstić information content (AvgIpc) is 2.84. The second-order valence-electron chi connectivity index (χ2n) is 7.44. The first-order valence-corrected chi connectivity index (χ1v) is 10.3. The normalized spacial score (nSPS) is 13.9. The summed E-state index contributed by atoms with van der Waals surface area (Å²) in [6.45, 7) is 3.04. The molecule has 3 aromatic rings. The number of hydrogen-bond acceptors (Lipinski definition) is 8. The number of hydrogen-bond donors (Lipinski definition) is 3. The van der Waals surface area contributed by atoms with Crippen LogP contribution in [0.25, 0.3) is 11.1 Å². The first kappa shape index (κ1) is 20.6. The maximum absolute atomic E-state index is 8.89. The summed E-state index contributed by atoms with van der Waals surface area (Å²) in [6, 6.07) is 11.9. The topological polar surface area (TPSA) is 108 Å². The van der Waals surface area contributed by atoms with E-state index in [-0.39, 0.29) is 5.69 Å². The molecule has 0 radical (unpaired) electrons. The number of anilines is 3. The molecule has 0 saturated carbocycles. The molecule has 1 saturated heterocycles. The van der Waals surface area contributed by atoms with Crippen molar-refractivity contribution in [1.29, 1.82) is 5.26 Å². The fourth-order valence-electron chi connectivity index (χ4n) is 3.59. The fraction of sp³-hybridized carbons (Fsp3) is 0.304. The molecule has 0 amide bonds. The van der Waals surface area contributed by atoms with Crippen LogP contribution in [0.5, 0.6) is 5.75 Å². The van der Waals surface area contributed by atoms with Gasteiger partial charge in [0.1, 0.15) is 23.5 Å². The van der Waals surface area contributed by atoms with E-state index in [1.807, 2.05) is 42.6 Å². The molecule has 158 valence electrons. The minimum atomic E-state index is 0.276. The zero-order valence-electron chi connectivity index (χ0n) is 17.4. The van der Waals surface area contributed by atoms with Gasteiger partial charge in [0.05, 0.1) is 19.5 Å². The number of pyridine rings is 1. The molecule has 3 N–H and O–H groups in total. The molecule has 1 aromatic carbocycles. The van der Waals surface area contributed by atoms with Gasteiger partial charge in [0, 0.05) is 30.1 Å². The second kappa shape index (κ2) is 9.87. The number of methoxy groups -OCH3 is 1. The van der Waals surface area contributed by atoms with Gasteiger partial charge >= 0.3 is 0 Å². The largest absolute Gasteiger partial charge is 0.497 e. The summed E-state index contributed by atoms with van der Waals surface area (Å²) in [7, 11) is 1.66. The fourth-order valence-corrected chi connectivity index (χ4v) is 3.59.